The lowest BCUT2D eigenvalue weighted by Gasteiger charge is -2.23. The Morgan fingerprint density at radius 2 is 2.15 bits per heavy atom. The van der Waals surface area contributed by atoms with E-state index in [0.717, 1.165) is 30.9 Å². The molecule has 3 N–H and O–H groups in total. The maximum Gasteiger partial charge on any atom is 0.191 e. The zero-order valence-corrected chi connectivity index (χ0v) is 12.6. The number of hydrogen-bond donors (Lipinski definition) is 3. The van der Waals surface area contributed by atoms with E-state index in [1.54, 1.807) is 0 Å². The molecule has 4 heteroatoms. The van der Waals surface area contributed by atoms with Crippen molar-refractivity contribution in [2.75, 3.05) is 13.1 Å². The fourth-order valence-corrected chi connectivity index (χ4v) is 2.64. The van der Waals surface area contributed by atoms with Crippen LogP contribution in [-0.4, -0.2) is 30.2 Å². The van der Waals surface area contributed by atoms with Crippen molar-refractivity contribution in [1.29, 1.82) is 0 Å². The molecule has 0 radical (unpaired) electrons. The average Bonchev–Trinajstić information content (AvgIpc) is 2.75. The van der Waals surface area contributed by atoms with Crippen molar-refractivity contribution < 1.29 is 5.11 Å². The van der Waals surface area contributed by atoms with Crippen LogP contribution in [0.2, 0.25) is 0 Å². The quantitative estimate of drug-likeness (QED) is 0.580. The first kappa shape index (κ1) is 14.9. The van der Waals surface area contributed by atoms with Gasteiger partial charge >= 0.3 is 0 Å². The first-order chi connectivity index (χ1) is 9.55. The van der Waals surface area contributed by atoms with E-state index in [1.807, 2.05) is 25.1 Å². The number of aliphatic imine (C=N–C) groups is 1. The Balaban J connectivity index is 2.12. The number of rotatable bonds is 4. The van der Waals surface area contributed by atoms with Gasteiger partial charge in [-0.25, -0.2) is 4.99 Å². The zero-order valence-electron chi connectivity index (χ0n) is 12.6. The number of aryl methyl sites for hydroxylation is 1. The third kappa shape index (κ3) is 3.31. The summed E-state index contributed by atoms with van der Waals surface area (Å²) >= 11 is 0. The van der Waals surface area contributed by atoms with E-state index in [-0.39, 0.29) is 0 Å². The van der Waals surface area contributed by atoms with Crippen molar-refractivity contribution in [3.63, 3.8) is 0 Å². The van der Waals surface area contributed by atoms with Gasteiger partial charge in [0.15, 0.2) is 5.96 Å². The molecule has 0 bridgehead atoms. The van der Waals surface area contributed by atoms with Crippen LogP contribution >= 0.6 is 0 Å². The highest BCUT2D eigenvalue weighted by Gasteiger charge is 2.36. The fourth-order valence-electron chi connectivity index (χ4n) is 2.64. The van der Waals surface area contributed by atoms with Gasteiger partial charge in [-0.05, 0) is 44.7 Å². The Hall–Kier alpha value is -1.55. The second-order valence-electron chi connectivity index (χ2n) is 5.68. The van der Waals surface area contributed by atoms with Crippen LogP contribution in [0.5, 0.6) is 0 Å². The molecule has 0 fully saturated rings. The van der Waals surface area contributed by atoms with Crippen molar-refractivity contribution in [1.82, 2.24) is 10.6 Å². The molecule has 0 aliphatic heterocycles. The normalized spacial score (nSPS) is 21.9. The molecular formula is C16H25N3O. The van der Waals surface area contributed by atoms with Crippen LogP contribution in [0.1, 0.15) is 38.3 Å². The molecular weight excluding hydrogens is 250 g/mol. The third-order valence-corrected chi connectivity index (χ3v) is 3.59. The Morgan fingerprint density at radius 1 is 1.40 bits per heavy atom. The molecule has 1 atom stereocenters. The minimum atomic E-state index is -0.823. The van der Waals surface area contributed by atoms with Gasteiger partial charge in [-0.2, -0.15) is 0 Å². The lowest BCUT2D eigenvalue weighted by Crippen LogP contribution is -2.42. The van der Waals surface area contributed by atoms with Gasteiger partial charge in [0, 0.05) is 12.6 Å². The molecule has 110 valence electrons. The Bertz CT molecular complexity index is 484. The Kier molecular flexibility index (Phi) is 4.65. The number of aliphatic hydroxyl groups is 1. The molecule has 0 aromatic heterocycles. The molecule has 20 heavy (non-hydrogen) atoms. The topological polar surface area (TPSA) is 56.7 Å². The van der Waals surface area contributed by atoms with Gasteiger partial charge in [-0.1, -0.05) is 24.3 Å². The maximum absolute atomic E-state index is 10.8. The van der Waals surface area contributed by atoms with Gasteiger partial charge in [-0.3, -0.25) is 0 Å². The molecule has 1 unspecified atom stereocenters. The predicted molar refractivity (Wildman–Crippen MR) is 82.9 cm³/mol. The second kappa shape index (κ2) is 6.27. The van der Waals surface area contributed by atoms with Crippen molar-refractivity contribution in [3.05, 3.63) is 35.4 Å². The van der Waals surface area contributed by atoms with Crippen LogP contribution in [-0.2, 0) is 12.0 Å². The SMILES string of the molecule is CCNC(=NCC1(O)CCc2ccccc21)NC(C)C. The molecule has 0 spiro atoms. The summed E-state index contributed by atoms with van der Waals surface area (Å²) in [6.07, 6.45) is 1.67. The number of guanidine groups is 1. The van der Waals surface area contributed by atoms with E-state index < -0.39 is 5.60 Å². The van der Waals surface area contributed by atoms with Gasteiger partial charge in [0.05, 0.1) is 6.54 Å². The predicted octanol–water partition coefficient (Wildman–Crippen LogP) is 1.78. The highest BCUT2D eigenvalue weighted by molar-refractivity contribution is 5.80. The van der Waals surface area contributed by atoms with Crippen LogP contribution in [0.15, 0.2) is 29.3 Å². The first-order valence-corrected chi connectivity index (χ1v) is 7.41. The van der Waals surface area contributed by atoms with E-state index in [4.69, 9.17) is 0 Å². The number of nitrogens with one attached hydrogen (secondary N) is 2. The van der Waals surface area contributed by atoms with Crippen molar-refractivity contribution >= 4 is 5.96 Å². The summed E-state index contributed by atoms with van der Waals surface area (Å²) in [5, 5.41) is 17.3. The van der Waals surface area contributed by atoms with Gasteiger partial charge in [0.1, 0.15) is 5.60 Å². The van der Waals surface area contributed by atoms with Gasteiger partial charge in [-0.15, -0.1) is 0 Å². The Labute approximate surface area is 121 Å². The second-order valence-corrected chi connectivity index (χ2v) is 5.68. The van der Waals surface area contributed by atoms with Crippen molar-refractivity contribution in [2.45, 2.75) is 45.3 Å². The molecule has 2 rings (SSSR count). The summed E-state index contributed by atoms with van der Waals surface area (Å²) in [6.45, 7) is 7.40. The fraction of sp³-hybridized carbons (Fsp3) is 0.562. The van der Waals surface area contributed by atoms with Gasteiger partial charge < -0.3 is 15.7 Å². The molecule has 1 aliphatic rings. The van der Waals surface area contributed by atoms with Crippen LogP contribution in [0, 0.1) is 0 Å². The molecule has 1 aromatic carbocycles. The first-order valence-electron chi connectivity index (χ1n) is 7.41. The van der Waals surface area contributed by atoms with Crippen LogP contribution in [0.4, 0.5) is 0 Å². The standard InChI is InChI=1S/C16H25N3O/c1-4-17-15(19-12(2)3)18-11-16(20)10-9-13-7-5-6-8-14(13)16/h5-8,12,20H,4,9-11H2,1-3H3,(H2,17,18,19). The van der Waals surface area contributed by atoms with E-state index in [2.05, 4.69) is 35.5 Å². The summed E-state index contributed by atoms with van der Waals surface area (Å²) in [4.78, 5) is 4.55. The largest absolute Gasteiger partial charge is 0.383 e. The average molecular weight is 275 g/mol. The zero-order chi connectivity index (χ0) is 14.6. The smallest absolute Gasteiger partial charge is 0.191 e. The summed E-state index contributed by atoms with van der Waals surface area (Å²) in [5.74, 6) is 0.764. The van der Waals surface area contributed by atoms with Crippen molar-refractivity contribution in [3.8, 4) is 0 Å². The summed E-state index contributed by atoms with van der Waals surface area (Å²) < 4.78 is 0. The number of nitrogens with zero attached hydrogens (tertiary/aromatic N) is 1. The monoisotopic (exact) mass is 275 g/mol. The molecule has 0 amide bonds. The van der Waals surface area contributed by atoms with Crippen LogP contribution in [0.25, 0.3) is 0 Å². The van der Waals surface area contributed by atoms with E-state index in [9.17, 15) is 5.11 Å². The summed E-state index contributed by atoms with van der Waals surface area (Å²) in [5.41, 5.74) is 1.45. The highest BCUT2D eigenvalue weighted by Crippen LogP contribution is 2.36. The lowest BCUT2D eigenvalue weighted by atomic mass is 9.96. The van der Waals surface area contributed by atoms with E-state index >= 15 is 0 Å². The number of hydrogen-bond acceptors (Lipinski definition) is 2. The summed E-state index contributed by atoms with van der Waals surface area (Å²) in [6, 6.07) is 8.43. The number of fused-ring (bicyclic) bond motifs is 1. The van der Waals surface area contributed by atoms with E-state index in [1.165, 1.54) is 5.56 Å². The van der Waals surface area contributed by atoms with Crippen LogP contribution < -0.4 is 10.6 Å². The van der Waals surface area contributed by atoms with Gasteiger partial charge in [0.25, 0.3) is 0 Å². The minimum Gasteiger partial charge on any atom is -0.383 e. The number of benzene rings is 1. The molecule has 0 heterocycles. The summed E-state index contributed by atoms with van der Waals surface area (Å²) in [7, 11) is 0. The minimum absolute atomic E-state index is 0.318. The third-order valence-electron chi connectivity index (χ3n) is 3.59. The van der Waals surface area contributed by atoms with E-state index in [0.29, 0.717) is 12.6 Å². The van der Waals surface area contributed by atoms with Gasteiger partial charge in [0.2, 0.25) is 0 Å². The molecule has 0 saturated carbocycles. The Morgan fingerprint density at radius 3 is 2.85 bits per heavy atom. The molecule has 0 saturated heterocycles. The van der Waals surface area contributed by atoms with Crippen molar-refractivity contribution in [2.24, 2.45) is 4.99 Å². The molecule has 4 nitrogen and oxygen atoms in total. The van der Waals surface area contributed by atoms with Crippen LogP contribution in [0.3, 0.4) is 0 Å². The lowest BCUT2D eigenvalue weighted by molar-refractivity contribution is 0.0485. The molecule has 1 aromatic rings. The molecule has 1 aliphatic carbocycles. The maximum atomic E-state index is 10.8. The highest BCUT2D eigenvalue weighted by atomic mass is 16.3.